The minimum Gasteiger partial charge on any atom is -0.475 e. The molecule has 0 saturated heterocycles. The quantitative estimate of drug-likeness (QED) is 0.901. The molecule has 1 aromatic carbocycles. The Morgan fingerprint density at radius 3 is 2.67 bits per heavy atom. The van der Waals surface area contributed by atoms with Gasteiger partial charge in [0.25, 0.3) is 0 Å². The molecular weight excluding hydrogens is 230 g/mol. The van der Waals surface area contributed by atoms with Crippen molar-refractivity contribution in [2.45, 2.75) is 27.2 Å². The van der Waals surface area contributed by atoms with E-state index in [9.17, 15) is 4.79 Å². The highest BCUT2D eigenvalue weighted by molar-refractivity contribution is 5.88. The summed E-state index contributed by atoms with van der Waals surface area (Å²) in [5, 5.41) is 12.9. The zero-order chi connectivity index (χ0) is 13.3. The third-order valence-corrected chi connectivity index (χ3v) is 2.97. The number of benzene rings is 1. The lowest BCUT2D eigenvalue weighted by Gasteiger charge is -2.05. The van der Waals surface area contributed by atoms with E-state index in [-0.39, 0.29) is 5.76 Å². The number of hydrogen-bond donors (Lipinski definition) is 1. The summed E-state index contributed by atoms with van der Waals surface area (Å²) in [6.45, 7) is 5.89. The lowest BCUT2D eigenvalue weighted by Crippen LogP contribution is -1.99. The molecule has 1 N–H and O–H groups in total. The first-order valence-corrected chi connectivity index (χ1v) is 5.84. The van der Waals surface area contributed by atoms with Gasteiger partial charge in [-0.05, 0) is 25.8 Å². The molecule has 94 valence electrons. The van der Waals surface area contributed by atoms with Crippen molar-refractivity contribution in [3.63, 3.8) is 0 Å². The van der Waals surface area contributed by atoms with Gasteiger partial charge >= 0.3 is 5.97 Å². The SMILES string of the molecule is CCc1c(-c2ccc(C)cc2C)noc1C(=O)O. The van der Waals surface area contributed by atoms with Gasteiger partial charge in [0.2, 0.25) is 5.76 Å². The van der Waals surface area contributed by atoms with Crippen LogP contribution in [0.5, 0.6) is 0 Å². The monoisotopic (exact) mass is 245 g/mol. The molecule has 0 atom stereocenters. The van der Waals surface area contributed by atoms with Crippen LogP contribution in [-0.2, 0) is 6.42 Å². The maximum atomic E-state index is 11.0. The zero-order valence-corrected chi connectivity index (χ0v) is 10.7. The molecule has 0 amide bonds. The van der Waals surface area contributed by atoms with Crippen molar-refractivity contribution in [1.82, 2.24) is 5.16 Å². The number of nitrogens with zero attached hydrogens (tertiary/aromatic N) is 1. The first kappa shape index (κ1) is 12.4. The van der Waals surface area contributed by atoms with Gasteiger partial charge in [0.15, 0.2) is 0 Å². The molecule has 1 heterocycles. The number of carboxylic acids is 1. The van der Waals surface area contributed by atoms with Crippen molar-refractivity contribution in [3.8, 4) is 11.3 Å². The summed E-state index contributed by atoms with van der Waals surface area (Å²) in [4.78, 5) is 11.0. The van der Waals surface area contributed by atoms with Crippen molar-refractivity contribution in [2.24, 2.45) is 0 Å². The minimum absolute atomic E-state index is 0.0625. The first-order chi connectivity index (χ1) is 8.54. The second kappa shape index (κ2) is 4.64. The van der Waals surface area contributed by atoms with E-state index in [1.807, 2.05) is 39.0 Å². The molecule has 0 unspecified atom stereocenters. The van der Waals surface area contributed by atoms with Crippen molar-refractivity contribution in [2.75, 3.05) is 0 Å². The summed E-state index contributed by atoms with van der Waals surface area (Å²) < 4.78 is 4.94. The van der Waals surface area contributed by atoms with Gasteiger partial charge in [-0.3, -0.25) is 0 Å². The van der Waals surface area contributed by atoms with Crippen LogP contribution in [0.3, 0.4) is 0 Å². The largest absolute Gasteiger partial charge is 0.475 e. The maximum absolute atomic E-state index is 11.0. The Labute approximate surface area is 105 Å². The summed E-state index contributed by atoms with van der Waals surface area (Å²) in [6.07, 6.45) is 0.577. The fourth-order valence-electron chi connectivity index (χ4n) is 2.10. The molecule has 2 aromatic rings. The zero-order valence-electron chi connectivity index (χ0n) is 10.7. The molecule has 0 aliphatic heterocycles. The Balaban J connectivity index is 2.60. The molecular formula is C14H15NO3. The molecule has 0 aliphatic carbocycles. The molecule has 0 bridgehead atoms. The summed E-state index contributed by atoms with van der Waals surface area (Å²) >= 11 is 0. The standard InChI is InChI=1S/C14H15NO3/c1-4-10-12(15-18-13(10)14(16)17)11-6-5-8(2)7-9(11)3/h5-7H,4H2,1-3H3,(H,16,17). The highest BCUT2D eigenvalue weighted by Gasteiger charge is 2.21. The van der Waals surface area contributed by atoms with E-state index in [0.717, 1.165) is 16.7 Å². The molecule has 4 heteroatoms. The molecule has 4 nitrogen and oxygen atoms in total. The van der Waals surface area contributed by atoms with Crippen LogP contribution in [0.15, 0.2) is 22.7 Å². The van der Waals surface area contributed by atoms with Crippen LogP contribution in [0, 0.1) is 13.8 Å². The van der Waals surface area contributed by atoms with Gasteiger partial charge in [-0.1, -0.05) is 35.8 Å². The number of aromatic nitrogens is 1. The summed E-state index contributed by atoms with van der Waals surface area (Å²) in [5.41, 5.74) is 4.43. The van der Waals surface area contributed by atoms with Gasteiger partial charge < -0.3 is 9.63 Å². The summed E-state index contributed by atoms with van der Waals surface area (Å²) in [7, 11) is 0. The second-order valence-corrected chi connectivity index (χ2v) is 4.32. The predicted octanol–water partition coefficient (Wildman–Crippen LogP) is 3.22. The highest BCUT2D eigenvalue weighted by atomic mass is 16.5. The average molecular weight is 245 g/mol. The van der Waals surface area contributed by atoms with E-state index in [4.69, 9.17) is 9.63 Å². The number of hydrogen-bond acceptors (Lipinski definition) is 3. The number of carbonyl (C=O) groups is 1. The molecule has 0 fully saturated rings. The van der Waals surface area contributed by atoms with Gasteiger partial charge in [0, 0.05) is 11.1 Å². The van der Waals surface area contributed by atoms with Gasteiger partial charge in [0.05, 0.1) is 0 Å². The first-order valence-electron chi connectivity index (χ1n) is 5.84. The average Bonchev–Trinajstić information content (AvgIpc) is 2.72. The molecule has 2 rings (SSSR count). The maximum Gasteiger partial charge on any atom is 0.375 e. The van der Waals surface area contributed by atoms with E-state index in [2.05, 4.69) is 5.16 Å². The van der Waals surface area contributed by atoms with Crippen LogP contribution in [-0.4, -0.2) is 16.2 Å². The number of rotatable bonds is 3. The lowest BCUT2D eigenvalue weighted by atomic mass is 9.98. The van der Waals surface area contributed by atoms with E-state index >= 15 is 0 Å². The van der Waals surface area contributed by atoms with Crippen LogP contribution in [0.4, 0.5) is 0 Å². The van der Waals surface area contributed by atoms with Crippen molar-refractivity contribution in [3.05, 3.63) is 40.6 Å². The van der Waals surface area contributed by atoms with Crippen LogP contribution >= 0.6 is 0 Å². The highest BCUT2D eigenvalue weighted by Crippen LogP contribution is 2.29. The van der Waals surface area contributed by atoms with Crippen LogP contribution in [0.25, 0.3) is 11.3 Å². The van der Waals surface area contributed by atoms with Gasteiger partial charge in [-0.25, -0.2) is 4.79 Å². The third kappa shape index (κ3) is 2.01. The van der Waals surface area contributed by atoms with Crippen LogP contribution in [0.2, 0.25) is 0 Å². The van der Waals surface area contributed by atoms with Crippen molar-refractivity contribution in [1.29, 1.82) is 0 Å². The predicted molar refractivity (Wildman–Crippen MR) is 67.8 cm³/mol. The Hall–Kier alpha value is -2.10. The smallest absolute Gasteiger partial charge is 0.375 e. The Kier molecular flexibility index (Phi) is 3.19. The fraction of sp³-hybridized carbons (Fsp3) is 0.286. The third-order valence-electron chi connectivity index (χ3n) is 2.97. The molecule has 0 spiro atoms. The topological polar surface area (TPSA) is 63.3 Å². The Morgan fingerprint density at radius 1 is 1.39 bits per heavy atom. The van der Waals surface area contributed by atoms with E-state index in [1.54, 1.807) is 0 Å². The lowest BCUT2D eigenvalue weighted by molar-refractivity contribution is 0.0650. The number of aromatic carboxylic acids is 1. The molecule has 0 radical (unpaired) electrons. The van der Waals surface area contributed by atoms with E-state index in [1.165, 1.54) is 0 Å². The van der Waals surface area contributed by atoms with Crippen molar-refractivity contribution >= 4 is 5.97 Å². The van der Waals surface area contributed by atoms with Gasteiger partial charge in [0.1, 0.15) is 5.69 Å². The minimum atomic E-state index is -1.07. The van der Waals surface area contributed by atoms with E-state index < -0.39 is 5.97 Å². The normalized spacial score (nSPS) is 10.6. The Morgan fingerprint density at radius 2 is 2.11 bits per heavy atom. The summed E-state index contributed by atoms with van der Waals surface area (Å²) in [5.74, 6) is -1.14. The van der Waals surface area contributed by atoms with Gasteiger partial charge in [-0.15, -0.1) is 0 Å². The fourth-order valence-corrected chi connectivity index (χ4v) is 2.10. The van der Waals surface area contributed by atoms with E-state index in [0.29, 0.717) is 17.7 Å². The Bertz CT molecular complexity index is 599. The molecule has 0 saturated carbocycles. The van der Waals surface area contributed by atoms with Crippen molar-refractivity contribution < 1.29 is 14.4 Å². The summed E-state index contributed by atoms with van der Waals surface area (Å²) in [6, 6.07) is 5.98. The molecule has 0 aliphatic rings. The number of carboxylic acid groups (broad SMARTS) is 1. The van der Waals surface area contributed by atoms with Gasteiger partial charge in [-0.2, -0.15) is 0 Å². The second-order valence-electron chi connectivity index (χ2n) is 4.32. The molecule has 18 heavy (non-hydrogen) atoms. The number of aryl methyl sites for hydroxylation is 2. The van der Waals surface area contributed by atoms with Crippen LogP contribution in [0.1, 0.15) is 34.2 Å². The van der Waals surface area contributed by atoms with Crippen LogP contribution < -0.4 is 0 Å². The molecule has 1 aromatic heterocycles.